The van der Waals surface area contributed by atoms with E-state index in [9.17, 15) is 0 Å². The topological polar surface area (TPSA) is 38.5 Å². The van der Waals surface area contributed by atoms with E-state index in [1.165, 1.54) is 5.56 Å². The van der Waals surface area contributed by atoms with Crippen LogP contribution in [-0.2, 0) is 4.74 Å². The van der Waals surface area contributed by atoms with E-state index in [0.29, 0.717) is 12.1 Å². The van der Waals surface area contributed by atoms with E-state index in [0.717, 1.165) is 45.5 Å². The van der Waals surface area contributed by atoms with Crippen LogP contribution in [0.1, 0.15) is 37.8 Å². The number of nitrogens with two attached hydrogens (primary N) is 1. The summed E-state index contributed by atoms with van der Waals surface area (Å²) >= 11 is 0. The predicted molar refractivity (Wildman–Crippen MR) is 79.1 cm³/mol. The molecule has 1 aliphatic heterocycles. The zero-order valence-corrected chi connectivity index (χ0v) is 11.9. The van der Waals surface area contributed by atoms with Crippen molar-refractivity contribution in [1.82, 2.24) is 4.90 Å². The van der Waals surface area contributed by atoms with Gasteiger partial charge in [0, 0.05) is 25.7 Å². The van der Waals surface area contributed by atoms with Crippen LogP contribution in [0.3, 0.4) is 0 Å². The molecule has 1 atom stereocenters. The Bertz CT molecular complexity index is 347. The molecule has 19 heavy (non-hydrogen) atoms. The van der Waals surface area contributed by atoms with E-state index in [1.54, 1.807) is 0 Å². The maximum atomic E-state index is 5.85. The Hall–Kier alpha value is -0.900. The predicted octanol–water partition coefficient (Wildman–Crippen LogP) is 2.58. The van der Waals surface area contributed by atoms with Crippen molar-refractivity contribution < 1.29 is 4.74 Å². The summed E-state index contributed by atoms with van der Waals surface area (Å²) in [6.45, 7) is 6.09. The standard InChI is InChI=1S/C16H26N2O/c1-14(15-6-3-2-4-7-15)18-11-8-16(9-12-18)19-13-5-10-17/h2-4,6-7,14,16H,5,8-13,17H2,1H3. The fourth-order valence-electron chi connectivity index (χ4n) is 2.71. The molecule has 1 aliphatic rings. The van der Waals surface area contributed by atoms with Gasteiger partial charge in [0.1, 0.15) is 0 Å². The Labute approximate surface area is 116 Å². The third-order valence-electron chi connectivity index (χ3n) is 4.01. The van der Waals surface area contributed by atoms with E-state index in [4.69, 9.17) is 10.5 Å². The fraction of sp³-hybridized carbons (Fsp3) is 0.625. The van der Waals surface area contributed by atoms with Crippen LogP contribution in [0.2, 0.25) is 0 Å². The first kappa shape index (κ1) is 14.5. The third kappa shape index (κ3) is 4.30. The lowest BCUT2D eigenvalue weighted by molar-refractivity contribution is -0.000747. The van der Waals surface area contributed by atoms with Gasteiger partial charge in [-0.25, -0.2) is 0 Å². The second-order valence-corrected chi connectivity index (χ2v) is 5.34. The zero-order chi connectivity index (χ0) is 13.5. The van der Waals surface area contributed by atoms with E-state index in [2.05, 4.69) is 42.2 Å². The molecule has 3 heteroatoms. The van der Waals surface area contributed by atoms with Crippen LogP contribution in [0.25, 0.3) is 0 Å². The summed E-state index contributed by atoms with van der Waals surface area (Å²) in [7, 11) is 0. The van der Waals surface area contributed by atoms with Gasteiger partial charge in [0.05, 0.1) is 6.10 Å². The largest absolute Gasteiger partial charge is 0.378 e. The van der Waals surface area contributed by atoms with Gasteiger partial charge in [-0.05, 0) is 38.3 Å². The molecule has 0 aromatic heterocycles. The minimum atomic E-state index is 0.436. The highest BCUT2D eigenvalue weighted by molar-refractivity contribution is 5.18. The average molecular weight is 262 g/mol. The molecule has 1 aromatic rings. The highest BCUT2D eigenvalue weighted by atomic mass is 16.5. The first-order valence-electron chi connectivity index (χ1n) is 7.42. The number of benzene rings is 1. The highest BCUT2D eigenvalue weighted by Crippen LogP contribution is 2.24. The van der Waals surface area contributed by atoms with Crippen LogP contribution in [0.4, 0.5) is 0 Å². The number of ether oxygens (including phenoxy) is 1. The quantitative estimate of drug-likeness (QED) is 0.801. The van der Waals surface area contributed by atoms with Crippen molar-refractivity contribution in [2.24, 2.45) is 5.73 Å². The van der Waals surface area contributed by atoms with Gasteiger partial charge < -0.3 is 10.5 Å². The van der Waals surface area contributed by atoms with Crippen molar-refractivity contribution in [2.75, 3.05) is 26.2 Å². The zero-order valence-electron chi connectivity index (χ0n) is 11.9. The van der Waals surface area contributed by atoms with Gasteiger partial charge in [0.25, 0.3) is 0 Å². The number of nitrogens with zero attached hydrogens (tertiary/aromatic N) is 1. The van der Waals surface area contributed by atoms with Crippen molar-refractivity contribution in [3.05, 3.63) is 35.9 Å². The molecule has 2 rings (SSSR count). The maximum absolute atomic E-state index is 5.85. The smallest absolute Gasteiger partial charge is 0.0599 e. The molecule has 0 bridgehead atoms. The molecule has 2 N–H and O–H groups in total. The molecule has 1 aromatic carbocycles. The summed E-state index contributed by atoms with van der Waals surface area (Å²) in [4.78, 5) is 2.55. The number of likely N-dealkylation sites (tertiary alicyclic amines) is 1. The lowest BCUT2D eigenvalue weighted by Crippen LogP contribution is -2.38. The van der Waals surface area contributed by atoms with Gasteiger partial charge in [-0.15, -0.1) is 0 Å². The summed E-state index contributed by atoms with van der Waals surface area (Å²) in [6.07, 6.45) is 3.69. The Morgan fingerprint density at radius 3 is 2.58 bits per heavy atom. The Morgan fingerprint density at radius 1 is 1.26 bits per heavy atom. The monoisotopic (exact) mass is 262 g/mol. The second kappa shape index (κ2) is 7.63. The van der Waals surface area contributed by atoms with E-state index in [1.807, 2.05) is 0 Å². The van der Waals surface area contributed by atoms with Crippen LogP contribution in [0, 0.1) is 0 Å². The molecular formula is C16H26N2O. The summed E-state index contributed by atoms with van der Waals surface area (Å²) in [5, 5.41) is 0. The Morgan fingerprint density at radius 2 is 1.95 bits per heavy atom. The Kier molecular flexibility index (Phi) is 5.83. The summed E-state index contributed by atoms with van der Waals surface area (Å²) in [5.41, 5.74) is 6.89. The van der Waals surface area contributed by atoms with Crippen molar-refractivity contribution in [3.8, 4) is 0 Å². The molecule has 106 valence electrons. The lowest BCUT2D eigenvalue weighted by atomic mass is 10.0. The maximum Gasteiger partial charge on any atom is 0.0599 e. The van der Waals surface area contributed by atoms with Crippen molar-refractivity contribution >= 4 is 0 Å². The third-order valence-corrected chi connectivity index (χ3v) is 4.01. The van der Waals surface area contributed by atoms with E-state index < -0.39 is 0 Å². The summed E-state index contributed by atoms with van der Waals surface area (Å²) in [5.74, 6) is 0. The highest BCUT2D eigenvalue weighted by Gasteiger charge is 2.23. The fourth-order valence-corrected chi connectivity index (χ4v) is 2.71. The molecule has 0 radical (unpaired) electrons. The second-order valence-electron chi connectivity index (χ2n) is 5.34. The molecule has 1 fully saturated rings. The number of hydrogen-bond acceptors (Lipinski definition) is 3. The van der Waals surface area contributed by atoms with Crippen molar-refractivity contribution in [2.45, 2.75) is 38.3 Å². The molecule has 0 spiro atoms. The van der Waals surface area contributed by atoms with Crippen LogP contribution < -0.4 is 5.73 Å². The minimum absolute atomic E-state index is 0.436. The van der Waals surface area contributed by atoms with Crippen molar-refractivity contribution in [1.29, 1.82) is 0 Å². The van der Waals surface area contributed by atoms with Crippen LogP contribution >= 0.6 is 0 Å². The molecule has 3 nitrogen and oxygen atoms in total. The summed E-state index contributed by atoms with van der Waals surface area (Å²) in [6, 6.07) is 11.3. The minimum Gasteiger partial charge on any atom is -0.378 e. The first-order chi connectivity index (χ1) is 9.31. The molecule has 0 aliphatic carbocycles. The van der Waals surface area contributed by atoms with Gasteiger partial charge in [0.2, 0.25) is 0 Å². The average Bonchev–Trinajstić information content (AvgIpc) is 2.48. The normalized spacial score (nSPS) is 19.5. The van der Waals surface area contributed by atoms with Gasteiger partial charge in [-0.3, -0.25) is 4.90 Å². The Balaban J connectivity index is 1.77. The summed E-state index contributed by atoms with van der Waals surface area (Å²) < 4.78 is 5.85. The molecule has 1 saturated heterocycles. The van der Waals surface area contributed by atoms with Gasteiger partial charge in [-0.2, -0.15) is 0 Å². The molecular weight excluding hydrogens is 236 g/mol. The number of rotatable bonds is 6. The van der Waals surface area contributed by atoms with Crippen LogP contribution in [-0.4, -0.2) is 37.2 Å². The van der Waals surface area contributed by atoms with Crippen LogP contribution in [0.5, 0.6) is 0 Å². The first-order valence-corrected chi connectivity index (χ1v) is 7.42. The van der Waals surface area contributed by atoms with Gasteiger partial charge in [0.15, 0.2) is 0 Å². The number of piperidine rings is 1. The van der Waals surface area contributed by atoms with Crippen molar-refractivity contribution in [3.63, 3.8) is 0 Å². The van der Waals surface area contributed by atoms with Gasteiger partial charge >= 0.3 is 0 Å². The van der Waals surface area contributed by atoms with E-state index in [-0.39, 0.29) is 0 Å². The number of hydrogen-bond donors (Lipinski definition) is 1. The lowest BCUT2D eigenvalue weighted by Gasteiger charge is -2.36. The molecule has 1 heterocycles. The van der Waals surface area contributed by atoms with E-state index >= 15 is 0 Å². The molecule has 1 unspecified atom stereocenters. The SMILES string of the molecule is CC(c1ccccc1)N1CCC(OCCCN)CC1. The van der Waals surface area contributed by atoms with Gasteiger partial charge in [-0.1, -0.05) is 30.3 Å². The molecule has 0 saturated carbocycles. The molecule has 0 amide bonds. The van der Waals surface area contributed by atoms with Crippen LogP contribution in [0.15, 0.2) is 30.3 Å².